The number of unbranched alkanes of at least 4 members (excludes halogenated alkanes) is 2. The maximum atomic E-state index is 13.9. The van der Waals surface area contributed by atoms with Crippen molar-refractivity contribution in [2.45, 2.75) is 90.8 Å². The summed E-state index contributed by atoms with van der Waals surface area (Å²) in [5.41, 5.74) is 5.77. The lowest BCUT2D eigenvalue weighted by Gasteiger charge is -2.34. The number of carbonyl (C=O) groups excluding carboxylic acids is 4. The number of terminal acetylenes is 1. The SMILES string of the molecule is C#Cc1ccc(C(C(=O)NCCCCC)N(CCC)C(=O)C(CCC(N)=O)NC(=O)OC(C)(C)C)cc1. The lowest BCUT2D eigenvalue weighted by molar-refractivity contribution is -0.142. The number of hydrogen-bond acceptors (Lipinski definition) is 5. The number of hydrogen-bond donors (Lipinski definition) is 3. The molecule has 0 aliphatic carbocycles. The molecular formula is C28H42N4O5. The molecule has 0 aliphatic heterocycles. The molecule has 0 bridgehead atoms. The fraction of sp³-hybridized carbons (Fsp3) is 0.571. The summed E-state index contributed by atoms with van der Waals surface area (Å²) < 4.78 is 5.32. The van der Waals surface area contributed by atoms with Gasteiger partial charge in [-0.15, -0.1) is 6.42 Å². The highest BCUT2D eigenvalue weighted by atomic mass is 16.6. The van der Waals surface area contributed by atoms with E-state index in [0.29, 0.717) is 24.1 Å². The Balaban J connectivity index is 3.39. The van der Waals surface area contributed by atoms with Crippen LogP contribution in [0.5, 0.6) is 0 Å². The zero-order chi connectivity index (χ0) is 28.0. The van der Waals surface area contributed by atoms with Gasteiger partial charge in [0.2, 0.25) is 17.7 Å². The van der Waals surface area contributed by atoms with Crippen LogP contribution in [0.1, 0.15) is 90.3 Å². The Morgan fingerprint density at radius 1 is 1.08 bits per heavy atom. The van der Waals surface area contributed by atoms with Crippen LogP contribution in [0.2, 0.25) is 0 Å². The fourth-order valence-electron chi connectivity index (χ4n) is 3.72. The molecule has 4 amide bonds. The standard InChI is InChI=1S/C28H42N4O5/c1-7-10-11-18-30-25(34)24(21-14-12-20(9-3)13-15-21)32(19-8-2)26(35)22(16-17-23(29)33)31-27(36)37-28(4,5)6/h3,12-15,22,24H,7-8,10-11,16-19H2,1-2,4-6H3,(H2,29,33)(H,30,34)(H,31,36). The molecule has 1 aromatic carbocycles. The van der Waals surface area contributed by atoms with Crippen molar-refractivity contribution in [3.05, 3.63) is 35.4 Å². The summed E-state index contributed by atoms with van der Waals surface area (Å²) in [6, 6.07) is 4.80. The van der Waals surface area contributed by atoms with Gasteiger partial charge < -0.3 is 26.0 Å². The summed E-state index contributed by atoms with van der Waals surface area (Å²) in [4.78, 5) is 52.8. The topological polar surface area (TPSA) is 131 Å². The van der Waals surface area contributed by atoms with E-state index in [1.807, 2.05) is 6.92 Å². The number of rotatable bonds is 14. The van der Waals surface area contributed by atoms with Gasteiger partial charge in [-0.3, -0.25) is 14.4 Å². The van der Waals surface area contributed by atoms with Crippen molar-refractivity contribution in [3.8, 4) is 12.3 Å². The average Bonchev–Trinajstić information content (AvgIpc) is 2.82. The van der Waals surface area contributed by atoms with E-state index < -0.39 is 35.6 Å². The highest BCUT2D eigenvalue weighted by Gasteiger charge is 2.35. The van der Waals surface area contributed by atoms with E-state index in [0.717, 1.165) is 19.3 Å². The molecule has 0 saturated carbocycles. The Kier molecular flexibility index (Phi) is 13.2. The van der Waals surface area contributed by atoms with Crippen LogP contribution in [0.15, 0.2) is 24.3 Å². The molecule has 2 atom stereocenters. The van der Waals surface area contributed by atoms with E-state index in [1.165, 1.54) is 4.90 Å². The number of amides is 4. The van der Waals surface area contributed by atoms with Crippen LogP contribution in [0.3, 0.4) is 0 Å². The Hall–Kier alpha value is -3.54. The second kappa shape index (κ2) is 15.5. The third-order valence-electron chi connectivity index (χ3n) is 5.45. The van der Waals surface area contributed by atoms with Crippen LogP contribution in [-0.2, 0) is 19.1 Å². The summed E-state index contributed by atoms with van der Waals surface area (Å²) in [5, 5.41) is 5.51. The minimum absolute atomic E-state index is 0.0332. The van der Waals surface area contributed by atoms with E-state index in [-0.39, 0.29) is 25.3 Å². The summed E-state index contributed by atoms with van der Waals surface area (Å²) in [7, 11) is 0. The summed E-state index contributed by atoms with van der Waals surface area (Å²) >= 11 is 0. The first-order valence-electron chi connectivity index (χ1n) is 12.9. The molecule has 1 aromatic rings. The lowest BCUT2D eigenvalue weighted by atomic mass is 10.00. The van der Waals surface area contributed by atoms with E-state index in [9.17, 15) is 19.2 Å². The maximum absolute atomic E-state index is 13.9. The molecule has 0 saturated heterocycles. The van der Waals surface area contributed by atoms with E-state index in [2.05, 4.69) is 23.5 Å². The van der Waals surface area contributed by atoms with Gasteiger partial charge in [0.15, 0.2) is 0 Å². The number of nitrogens with one attached hydrogen (secondary N) is 2. The molecule has 204 valence electrons. The van der Waals surface area contributed by atoms with Crippen LogP contribution >= 0.6 is 0 Å². The van der Waals surface area contributed by atoms with Gasteiger partial charge in [-0.25, -0.2) is 4.79 Å². The van der Waals surface area contributed by atoms with E-state index >= 15 is 0 Å². The first-order chi connectivity index (χ1) is 17.4. The number of alkyl carbamates (subject to hydrolysis) is 1. The first-order valence-corrected chi connectivity index (χ1v) is 12.9. The van der Waals surface area contributed by atoms with E-state index in [4.69, 9.17) is 16.9 Å². The number of nitrogens with zero attached hydrogens (tertiary/aromatic N) is 1. The van der Waals surface area contributed by atoms with Gasteiger partial charge >= 0.3 is 6.09 Å². The van der Waals surface area contributed by atoms with Gasteiger partial charge in [-0.05, 0) is 57.7 Å². The molecule has 37 heavy (non-hydrogen) atoms. The number of benzene rings is 1. The second-order valence-corrected chi connectivity index (χ2v) is 9.90. The predicted molar refractivity (Wildman–Crippen MR) is 143 cm³/mol. The Labute approximate surface area is 220 Å². The number of ether oxygens (including phenoxy) is 1. The molecule has 4 N–H and O–H groups in total. The summed E-state index contributed by atoms with van der Waals surface area (Å²) in [6.07, 6.45) is 7.87. The van der Waals surface area contributed by atoms with Crippen molar-refractivity contribution in [2.24, 2.45) is 5.73 Å². The van der Waals surface area contributed by atoms with Crippen molar-refractivity contribution in [1.29, 1.82) is 0 Å². The minimum Gasteiger partial charge on any atom is -0.444 e. The third kappa shape index (κ3) is 11.4. The van der Waals surface area contributed by atoms with Gasteiger partial charge in [-0.1, -0.05) is 44.7 Å². The highest BCUT2D eigenvalue weighted by Crippen LogP contribution is 2.24. The van der Waals surface area contributed by atoms with Gasteiger partial charge in [0.1, 0.15) is 17.7 Å². The van der Waals surface area contributed by atoms with Crippen LogP contribution in [0, 0.1) is 12.3 Å². The monoisotopic (exact) mass is 514 g/mol. The van der Waals surface area contributed by atoms with E-state index in [1.54, 1.807) is 45.0 Å². The van der Waals surface area contributed by atoms with Crippen LogP contribution in [0.25, 0.3) is 0 Å². The molecule has 9 heteroatoms. The van der Waals surface area contributed by atoms with Crippen molar-refractivity contribution < 1.29 is 23.9 Å². The van der Waals surface area contributed by atoms with Crippen molar-refractivity contribution >= 4 is 23.8 Å². The lowest BCUT2D eigenvalue weighted by Crippen LogP contribution is -2.53. The Bertz CT molecular complexity index is 947. The fourth-order valence-corrected chi connectivity index (χ4v) is 3.72. The second-order valence-electron chi connectivity index (χ2n) is 9.90. The molecule has 0 fully saturated rings. The summed E-state index contributed by atoms with van der Waals surface area (Å²) in [5.74, 6) is 1.09. The van der Waals surface area contributed by atoms with Crippen LogP contribution < -0.4 is 16.4 Å². The third-order valence-corrected chi connectivity index (χ3v) is 5.45. The number of carbonyl (C=O) groups is 4. The highest BCUT2D eigenvalue weighted by molar-refractivity contribution is 5.92. The molecule has 0 aromatic heterocycles. The van der Waals surface area contributed by atoms with Gasteiger partial charge in [0.25, 0.3) is 0 Å². The summed E-state index contributed by atoms with van der Waals surface area (Å²) in [6.45, 7) is 9.78. The largest absolute Gasteiger partial charge is 0.444 e. The zero-order valence-electron chi connectivity index (χ0n) is 22.8. The Morgan fingerprint density at radius 2 is 1.73 bits per heavy atom. The van der Waals surface area contributed by atoms with Gasteiger partial charge in [-0.2, -0.15) is 0 Å². The normalized spacial score (nSPS) is 12.5. The van der Waals surface area contributed by atoms with Gasteiger partial charge in [0.05, 0.1) is 0 Å². The molecule has 2 unspecified atom stereocenters. The smallest absolute Gasteiger partial charge is 0.408 e. The number of primary amides is 1. The van der Waals surface area contributed by atoms with Gasteiger partial charge in [0, 0.05) is 25.1 Å². The quantitative estimate of drug-likeness (QED) is 0.259. The van der Waals surface area contributed by atoms with Crippen molar-refractivity contribution in [3.63, 3.8) is 0 Å². The van der Waals surface area contributed by atoms with Crippen molar-refractivity contribution in [2.75, 3.05) is 13.1 Å². The molecule has 9 nitrogen and oxygen atoms in total. The van der Waals surface area contributed by atoms with Crippen LogP contribution in [0.4, 0.5) is 4.79 Å². The molecular weight excluding hydrogens is 472 g/mol. The molecule has 0 aliphatic rings. The molecule has 0 radical (unpaired) electrons. The predicted octanol–water partition coefficient (Wildman–Crippen LogP) is 3.41. The zero-order valence-corrected chi connectivity index (χ0v) is 22.8. The molecule has 1 rings (SSSR count). The maximum Gasteiger partial charge on any atom is 0.408 e. The molecule has 0 heterocycles. The first kappa shape index (κ1) is 31.5. The molecule has 0 spiro atoms. The minimum atomic E-state index is -1.12. The van der Waals surface area contributed by atoms with Crippen molar-refractivity contribution in [1.82, 2.24) is 15.5 Å². The Morgan fingerprint density at radius 3 is 2.24 bits per heavy atom. The average molecular weight is 515 g/mol. The number of nitrogens with two attached hydrogens (primary N) is 1. The van der Waals surface area contributed by atoms with Crippen LogP contribution in [-0.4, -0.2) is 53.4 Å².